The van der Waals surface area contributed by atoms with Crippen molar-refractivity contribution in [2.24, 2.45) is 10.9 Å². The van der Waals surface area contributed by atoms with E-state index < -0.39 is 5.91 Å². The van der Waals surface area contributed by atoms with Crippen LogP contribution in [-0.2, 0) is 9.63 Å². The molecule has 0 heterocycles. The van der Waals surface area contributed by atoms with Crippen LogP contribution in [0.15, 0.2) is 5.16 Å². The van der Waals surface area contributed by atoms with Gasteiger partial charge in [0.2, 0.25) is 0 Å². The van der Waals surface area contributed by atoms with Crippen LogP contribution in [0.5, 0.6) is 0 Å². The minimum Gasteiger partial charge on any atom is -0.386 e. The summed E-state index contributed by atoms with van der Waals surface area (Å²) in [6.07, 6.45) is 0. The van der Waals surface area contributed by atoms with Crippen molar-refractivity contribution in [2.45, 2.75) is 0 Å². The van der Waals surface area contributed by atoms with E-state index in [0.29, 0.717) is 0 Å². The third-order valence-corrected chi connectivity index (χ3v) is 0.298. The number of nitrogens with two attached hydrogens (primary N) is 1. The van der Waals surface area contributed by atoms with Crippen LogP contribution >= 0.6 is 0 Å². The van der Waals surface area contributed by atoms with Gasteiger partial charge in [-0.2, -0.15) is 0 Å². The lowest BCUT2D eigenvalue weighted by atomic mass is 10.7. The fraction of sp³-hybridized carbons (Fsp3) is 0.333. The predicted octanol–water partition coefficient (Wildman–Crippen LogP) is -0.896. The van der Waals surface area contributed by atoms with Crippen molar-refractivity contribution in [1.82, 2.24) is 0 Å². The van der Waals surface area contributed by atoms with E-state index in [1.54, 1.807) is 0 Å². The lowest BCUT2D eigenvalue weighted by Crippen LogP contribution is -2.16. The molecule has 0 saturated heterocycles. The second-order valence-electron chi connectivity index (χ2n) is 0.869. The van der Waals surface area contributed by atoms with Gasteiger partial charge in [-0.3, -0.25) is 4.79 Å². The van der Waals surface area contributed by atoms with Gasteiger partial charge in [0, 0.05) is 6.72 Å². The molecule has 7 heavy (non-hydrogen) atoms. The van der Waals surface area contributed by atoms with E-state index in [0.717, 1.165) is 0 Å². The standard InChI is InChI=1S/C3H6N2O2/c1-5-7-2-3(4)6/h1-2H2,(H2,4,6). The maximum atomic E-state index is 9.77. The molecule has 0 radical (unpaired) electrons. The first-order chi connectivity index (χ1) is 3.27. The Morgan fingerprint density at radius 1 is 2.00 bits per heavy atom. The highest BCUT2D eigenvalue weighted by atomic mass is 16.6. The molecule has 0 bridgehead atoms. The summed E-state index contributed by atoms with van der Waals surface area (Å²) in [6, 6.07) is 0. The smallest absolute Gasteiger partial charge is 0.258 e. The molecule has 4 nitrogen and oxygen atoms in total. The molecule has 0 spiro atoms. The van der Waals surface area contributed by atoms with Crippen molar-refractivity contribution in [3.8, 4) is 0 Å². The summed E-state index contributed by atoms with van der Waals surface area (Å²) in [5.41, 5.74) is 4.63. The molecule has 0 unspecified atom stereocenters. The van der Waals surface area contributed by atoms with Crippen molar-refractivity contribution >= 4 is 12.6 Å². The Hall–Kier alpha value is -1.06. The molecule has 0 atom stereocenters. The highest BCUT2D eigenvalue weighted by molar-refractivity contribution is 5.74. The van der Waals surface area contributed by atoms with E-state index in [-0.39, 0.29) is 6.61 Å². The first kappa shape index (κ1) is 5.94. The zero-order valence-electron chi connectivity index (χ0n) is 3.76. The molecule has 40 valence electrons. The summed E-state index contributed by atoms with van der Waals surface area (Å²) in [7, 11) is 0. The highest BCUT2D eigenvalue weighted by Gasteiger charge is 1.87. The van der Waals surface area contributed by atoms with Crippen LogP contribution in [0.3, 0.4) is 0 Å². The second kappa shape index (κ2) is 3.14. The van der Waals surface area contributed by atoms with Gasteiger partial charge in [0.05, 0.1) is 0 Å². The molecule has 0 aromatic heterocycles. The second-order valence-corrected chi connectivity index (χ2v) is 0.869. The quantitative estimate of drug-likeness (QED) is 0.371. The SMILES string of the molecule is C=NOCC(N)=O. The van der Waals surface area contributed by atoms with Gasteiger partial charge in [0.15, 0.2) is 6.61 Å². The van der Waals surface area contributed by atoms with Crippen LogP contribution in [0.4, 0.5) is 0 Å². The van der Waals surface area contributed by atoms with Crippen molar-refractivity contribution in [1.29, 1.82) is 0 Å². The fourth-order valence-electron chi connectivity index (χ4n) is 0.109. The summed E-state index contributed by atoms with van der Waals surface area (Å²) in [5.74, 6) is -0.549. The molecule has 0 fully saturated rings. The van der Waals surface area contributed by atoms with Crippen molar-refractivity contribution in [2.75, 3.05) is 6.61 Å². The zero-order chi connectivity index (χ0) is 5.70. The van der Waals surface area contributed by atoms with Gasteiger partial charge >= 0.3 is 0 Å². The number of primary amides is 1. The van der Waals surface area contributed by atoms with E-state index in [1.165, 1.54) is 0 Å². The fourth-order valence-corrected chi connectivity index (χ4v) is 0.109. The third kappa shape index (κ3) is 4.94. The Kier molecular flexibility index (Phi) is 2.67. The first-order valence-electron chi connectivity index (χ1n) is 1.63. The number of hydrogen-bond donors (Lipinski definition) is 1. The summed E-state index contributed by atoms with van der Waals surface area (Å²) < 4.78 is 0. The number of carbonyl (C=O) groups excluding carboxylic acids is 1. The average Bonchev–Trinajstić information content (AvgIpc) is 1.61. The van der Waals surface area contributed by atoms with Gasteiger partial charge in [-0.25, -0.2) is 0 Å². The van der Waals surface area contributed by atoms with Crippen LogP contribution in [-0.4, -0.2) is 19.2 Å². The van der Waals surface area contributed by atoms with E-state index in [4.69, 9.17) is 0 Å². The highest BCUT2D eigenvalue weighted by Crippen LogP contribution is 1.67. The molecule has 0 aromatic carbocycles. The van der Waals surface area contributed by atoms with Gasteiger partial charge in [-0.15, -0.1) is 5.16 Å². The van der Waals surface area contributed by atoms with Crippen LogP contribution in [0.25, 0.3) is 0 Å². The van der Waals surface area contributed by atoms with E-state index in [2.05, 4.69) is 22.4 Å². The minimum atomic E-state index is -0.549. The molecule has 0 aliphatic heterocycles. The van der Waals surface area contributed by atoms with Crippen molar-refractivity contribution < 1.29 is 9.63 Å². The van der Waals surface area contributed by atoms with Gasteiger partial charge in [0.1, 0.15) is 0 Å². The largest absolute Gasteiger partial charge is 0.386 e. The number of carbonyl (C=O) groups is 1. The Morgan fingerprint density at radius 3 is 2.71 bits per heavy atom. The van der Waals surface area contributed by atoms with E-state index in [1.807, 2.05) is 0 Å². The summed E-state index contributed by atoms with van der Waals surface area (Å²) >= 11 is 0. The van der Waals surface area contributed by atoms with Crippen LogP contribution in [0.2, 0.25) is 0 Å². The Labute approximate surface area is 40.9 Å². The Bertz CT molecular complexity index is 81.0. The minimum absolute atomic E-state index is 0.191. The molecular weight excluding hydrogens is 96.0 g/mol. The number of nitrogens with zero attached hydrogens (tertiary/aromatic N) is 1. The zero-order valence-corrected chi connectivity index (χ0v) is 3.76. The lowest BCUT2D eigenvalue weighted by Gasteiger charge is -1.88. The molecular formula is C3H6N2O2. The van der Waals surface area contributed by atoms with Gasteiger partial charge in [-0.1, -0.05) is 0 Å². The molecule has 0 aliphatic rings. The third-order valence-electron chi connectivity index (χ3n) is 0.298. The van der Waals surface area contributed by atoms with E-state index in [9.17, 15) is 4.79 Å². The Balaban J connectivity index is 2.97. The number of rotatable bonds is 3. The van der Waals surface area contributed by atoms with Gasteiger partial charge in [0.25, 0.3) is 5.91 Å². The summed E-state index contributed by atoms with van der Waals surface area (Å²) in [4.78, 5) is 13.9. The predicted molar refractivity (Wildman–Crippen MR) is 24.7 cm³/mol. The summed E-state index contributed by atoms with van der Waals surface area (Å²) in [6.45, 7) is 2.76. The van der Waals surface area contributed by atoms with Gasteiger partial charge < -0.3 is 10.6 Å². The lowest BCUT2D eigenvalue weighted by molar-refractivity contribution is -0.122. The van der Waals surface area contributed by atoms with Crippen LogP contribution < -0.4 is 5.73 Å². The van der Waals surface area contributed by atoms with Gasteiger partial charge in [-0.05, 0) is 0 Å². The topological polar surface area (TPSA) is 64.7 Å². The molecule has 0 aromatic rings. The van der Waals surface area contributed by atoms with Crippen LogP contribution in [0, 0.1) is 0 Å². The molecule has 4 heteroatoms. The molecule has 0 rings (SSSR count). The number of oxime groups is 1. The molecule has 0 saturated carbocycles. The number of hydrogen-bond acceptors (Lipinski definition) is 3. The van der Waals surface area contributed by atoms with Crippen LogP contribution in [0.1, 0.15) is 0 Å². The van der Waals surface area contributed by atoms with Crippen molar-refractivity contribution in [3.63, 3.8) is 0 Å². The summed E-state index contributed by atoms with van der Waals surface area (Å²) in [5, 5.41) is 2.92. The molecule has 2 N–H and O–H groups in total. The number of amides is 1. The van der Waals surface area contributed by atoms with Crippen molar-refractivity contribution in [3.05, 3.63) is 0 Å². The Morgan fingerprint density at radius 2 is 2.57 bits per heavy atom. The first-order valence-corrected chi connectivity index (χ1v) is 1.63. The average molecular weight is 102 g/mol. The molecule has 0 aliphatic carbocycles. The monoisotopic (exact) mass is 102 g/mol. The van der Waals surface area contributed by atoms with E-state index >= 15 is 0 Å². The normalized spacial score (nSPS) is 7.43. The maximum Gasteiger partial charge on any atom is 0.258 e. The maximum absolute atomic E-state index is 9.77. The molecule has 1 amide bonds.